The third-order valence-corrected chi connectivity index (χ3v) is 4.48. The first-order valence-electron chi connectivity index (χ1n) is 8.63. The van der Waals surface area contributed by atoms with E-state index in [-0.39, 0.29) is 22.5 Å². The number of nitrogens with one attached hydrogen (secondary N) is 1. The van der Waals surface area contributed by atoms with Gasteiger partial charge in [0, 0.05) is 19.3 Å². The summed E-state index contributed by atoms with van der Waals surface area (Å²) >= 11 is 11.7. The third kappa shape index (κ3) is 4.71. The van der Waals surface area contributed by atoms with E-state index in [0.717, 1.165) is 0 Å². The smallest absolute Gasteiger partial charge is 0.407 e. The van der Waals surface area contributed by atoms with Crippen LogP contribution in [0.25, 0.3) is 10.9 Å². The zero-order valence-corrected chi connectivity index (χ0v) is 17.1. The monoisotopic (exact) mass is 431 g/mol. The van der Waals surface area contributed by atoms with Crippen LogP contribution < -0.4 is 10.2 Å². The van der Waals surface area contributed by atoms with Crippen LogP contribution in [0.2, 0.25) is 10.4 Å². The van der Waals surface area contributed by atoms with Crippen molar-refractivity contribution in [1.29, 1.82) is 0 Å². The molecule has 1 aliphatic heterocycles. The summed E-state index contributed by atoms with van der Waals surface area (Å²) in [5, 5.41) is 12.8. The molecule has 0 aliphatic carbocycles. The highest BCUT2D eigenvalue weighted by Gasteiger charge is 2.31. The van der Waals surface area contributed by atoms with Gasteiger partial charge in [-0.25, -0.2) is 19.2 Å². The minimum absolute atomic E-state index is 0.0632. The van der Waals surface area contributed by atoms with Gasteiger partial charge in [0.15, 0.2) is 11.0 Å². The van der Waals surface area contributed by atoms with Gasteiger partial charge in [-0.3, -0.25) is 0 Å². The van der Waals surface area contributed by atoms with Gasteiger partial charge in [-0.2, -0.15) is 4.98 Å². The van der Waals surface area contributed by atoms with Crippen LogP contribution in [0, 0.1) is 5.82 Å². The SMILES string of the molecule is CC(C)(C)OC(=O)N[C@@H]1C[C@@H](O)CN(c2nc(Cl)nc3c(F)c(Cl)ncc23)C1. The Kier molecular flexibility index (Phi) is 5.79. The molecule has 0 aromatic carbocycles. The number of amides is 1. The summed E-state index contributed by atoms with van der Waals surface area (Å²) in [5.74, 6) is -0.501. The normalized spacial score (nSPS) is 20.3. The van der Waals surface area contributed by atoms with Crippen molar-refractivity contribution in [2.75, 3.05) is 18.0 Å². The number of β-amino-alcohol motifs (C(OH)–C–C–N with tert-alkyl or cyclic N) is 1. The zero-order valence-electron chi connectivity index (χ0n) is 15.5. The van der Waals surface area contributed by atoms with E-state index in [1.165, 1.54) is 6.20 Å². The predicted molar refractivity (Wildman–Crippen MR) is 103 cm³/mol. The van der Waals surface area contributed by atoms with Gasteiger partial charge in [-0.05, 0) is 38.8 Å². The minimum atomic E-state index is -0.800. The number of halogens is 3. The molecule has 152 valence electrons. The largest absolute Gasteiger partial charge is 0.444 e. The number of fused-ring (bicyclic) bond motifs is 1. The molecule has 3 heterocycles. The number of aromatic nitrogens is 3. The summed E-state index contributed by atoms with van der Waals surface area (Å²) in [6.45, 7) is 5.81. The predicted octanol–water partition coefficient (Wildman–Crippen LogP) is 2.94. The molecule has 1 amide bonds. The molecule has 1 saturated heterocycles. The molecule has 0 spiro atoms. The Hall–Kier alpha value is -1.97. The lowest BCUT2D eigenvalue weighted by atomic mass is 10.0. The van der Waals surface area contributed by atoms with Crippen LogP contribution >= 0.6 is 23.2 Å². The molecule has 1 fully saturated rings. The van der Waals surface area contributed by atoms with Crippen molar-refractivity contribution in [3.63, 3.8) is 0 Å². The zero-order chi connectivity index (χ0) is 20.6. The van der Waals surface area contributed by atoms with Gasteiger partial charge in [-0.1, -0.05) is 11.6 Å². The fourth-order valence-corrected chi connectivity index (χ4v) is 3.36. The van der Waals surface area contributed by atoms with Crippen LogP contribution in [0.1, 0.15) is 27.2 Å². The van der Waals surface area contributed by atoms with E-state index in [0.29, 0.717) is 24.2 Å². The molecule has 2 aromatic heterocycles. The van der Waals surface area contributed by atoms with Crippen LogP contribution in [0.4, 0.5) is 15.0 Å². The van der Waals surface area contributed by atoms with E-state index >= 15 is 0 Å². The van der Waals surface area contributed by atoms with Crippen LogP contribution in [-0.2, 0) is 4.74 Å². The molecule has 2 atom stereocenters. The summed E-state index contributed by atoms with van der Waals surface area (Å²) in [6.07, 6.45) is 0.355. The van der Waals surface area contributed by atoms with Gasteiger partial charge in [0.25, 0.3) is 0 Å². The second-order valence-electron chi connectivity index (χ2n) is 7.58. The first-order valence-corrected chi connectivity index (χ1v) is 9.39. The second-order valence-corrected chi connectivity index (χ2v) is 8.28. The van der Waals surface area contributed by atoms with Crippen LogP contribution in [0.15, 0.2) is 6.20 Å². The lowest BCUT2D eigenvalue weighted by Crippen LogP contribution is -2.53. The van der Waals surface area contributed by atoms with Crippen LogP contribution in [0.3, 0.4) is 0 Å². The van der Waals surface area contributed by atoms with Crippen molar-refractivity contribution in [1.82, 2.24) is 20.3 Å². The Morgan fingerprint density at radius 2 is 2.07 bits per heavy atom. The molecule has 2 aromatic rings. The number of hydrogen-bond acceptors (Lipinski definition) is 7. The molecular weight excluding hydrogens is 412 g/mol. The number of piperidine rings is 1. The van der Waals surface area contributed by atoms with E-state index in [1.807, 2.05) is 0 Å². The lowest BCUT2D eigenvalue weighted by molar-refractivity contribution is 0.0473. The quantitative estimate of drug-likeness (QED) is 0.556. The van der Waals surface area contributed by atoms with E-state index in [2.05, 4.69) is 20.3 Å². The molecule has 1 aliphatic rings. The molecule has 0 bridgehead atoms. The van der Waals surface area contributed by atoms with Crippen molar-refractivity contribution < 1.29 is 19.0 Å². The molecule has 0 saturated carbocycles. The first kappa shape index (κ1) is 20.8. The molecule has 0 radical (unpaired) electrons. The maximum Gasteiger partial charge on any atom is 0.407 e. The van der Waals surface area contributed by atoms with Gasteiger partial charge in [0.1, 0.15) is 16.9 Å². The van der Waals surface area contributed by atoms with Gasteiger partial charge in [0.2, 0.25) is 5.28 Å². The summed E-state index contributed by atoms with van der Waals surface area (Å²) < 4.78 is 19.6. The summed E-state index contributed by atoms with van der Waals surface area (Å²) in [7, 11) is 0. The Balaban J connectivity index is 1.89. The molecule has 3 rings (SSSR count). The molecular formula is C17H20Cl2FN5O3. The minimum Gasteiger partial charge on any atom is -0.444 e. The molecule has 8 nitrogen and oxygen atoms in total. The highest BCUT2D eigenvalue weighted by molar-refractivity contribution is 6.30. The van der Waals surface area contributed by atoms with Gasteiger partial charge in [-0.15, -0.1) is 0 Å². The summed E-state index contributed by atoms with van der Waals surface area (Å²) in [5.41, 5.74) is -0.706. The van der Waals surface area contributed by atoms with Crippen molar-refractivity contribution in [3.8, 4) is 0 Å². The Bertz CT molecular complexity index is 908. The molecule has 28 heavy (non-hydrogen) atoms. The number of carbonyl (C=O) groups excluding carboxylic acids is 1. The number of hydrogen-bond donors (Lipinski definition) is 2. The maximum atomic E-state index is 14.3. The topological polar surface area (TPSA) is 100 Å². The number of alkyl carbamates (subject to hydrolysis) is 1. The number of carbonyl (C=O) groups is 1. The Morgan fingerprint density at radius 1 is 1.36 bits per heavy atom. The number of nitrogens with zero attached hydrogens (tertiary/aromatic N) is 4. The van der Waals surface area contributed by atoms with E-state index in [1.54, 1.807) is 25.7 Å². The second kappa shape index (κ2) is 7.81. The van der Waals surface area contributed by atoms with Gasteiger partial charge in [0.05, 0.1) is 17.5 Å². The van der Waals surface area contributed by atoms with Crippen molar-refractivity contribution >= 4 is 46.0 Å². The number of pyridine rings is 1. The molecule has 11 heteroatoms. The molecule has 2 N–H and O–H groups in total. The van der Waals surface area contributed by atoms with Crippen molar-refractivity contribution in [3.05, 3.63) is 22.5 Å². The standard InChI is InChI=1S/C17H20Cl2FN5O3/c1-17(2,3)28-16(27)22-8-4-9(26)7-25(6-8)14-10-5-21-13(18)11(20)12(10)23-15(19)24-14/h5,8-9,26H,4,6-7H2,1-3H3,(H,22,27)/t8-,9-/m1/s1. The summed E-state index contributed by atoms with van der Waals surface area (Å²) in [4.78, 5) is 25.6. The first-order chi connectivity index (χ1) is 13.0. The number of rotatable bonds is 2. The average molecular weight is 432 g/mol. The average Bonchev–Trinajstić information content (AvgIpc) is 2.55. The fraction of sp³-hybridized carbons (Fsp3) is 0.529. The van der Waals surface area contributed by atoms with E-state index < -0.39 is 29.7 Å². The number of aliphatic hydroxyl groups excluding tert-OH is 1. The third-order valence-electron chi connectivity index (χ3n) is 4.04. The van der Waals surface area contributed by atoms with Crippen molar-refractivity contribution in [2.45, 2.75) is 44.9 Å². The number of ether oxygens (including phenoxy) is 1. The van der Waals surface area contributed by atoms with Gasteiger partial charge >= 0.3 is 6.09 Å². The highest BCUT2D eigenvalue weighted by atomic mass is 35.5. The number of anilines is 1. The highest BCUT2D eigenvalue weighted by Crippen LogP contribution is 2.30. The number of aliphatic hydroxyl groups is 1. The van der Waals surface area contributed by atoms with E-state index in [4.69, 9.17) is 27.9 Å². The Morgan fingerprint density at radius 3 is 2.75 bits per heavy atom. The van der Waals surface area contributed by atoms with Gasteiger partial charge < -0.3 is 20.1 Å². The van der Waals surface area contributed by atoms with Crippen molar-refractivity contribution in [2.24, 2.45) is 0 Å². The summed E-state index contributed by atoms with van der Waals surface area (Å²) in [6, 6.07) is -0.410. The van der Waals surface area contributed by atoms with Crippen LogP contribution in [-0.4, -0.2) is 57.0 Å². The van der Waals surface area contributed by atoms with Crippen LogP contribution in [0.5, 0.6) is 0 Å². The van der Waals surface area contributed by atoms with E-state index in [9.17, 15) is 14.3 Å². The lowest BCUT2D eigenvalue weighted by Gasteiger charge is -2.37. The maximum absolute atomic E-state index is 14.3. The molecule has 0 unspecified atom stereocenters. The fourth-order valence-electron chi connectivity index (χ4n) is 3.06. The Labute approximate surface area is 171 Å².